The van der Waals surface area contributed by atoms with Gasteiger partial charge in [0.05, 0.1) is 5.69 Å². The van der Waals surface area contributed by atoms with Crippen molar-refractivity contribution in [3.63, 3.8) is 0 Å². The van der Waals surface area contributed by atoms with Crippen LogP contribution in [0.4, 0.5) is 17.3 Å². The molecule has 5 rings (SSSR count). The molecule has 0 spiro atoms. The summed E-state index contributed by atoms with van der Waals surface area (Å²) in [6.45, 7) is 8.15. The van der Waals surface area contributed by atoms with E-state index in [1.807, 2.05) is 19.1 Å². The summed E-state index contributed by atoms with van der Waals surface area (Å²) >= 11 is 1.73. The minimum Gasteiger partial charge on any atom is -0.354 e. The van der Waals surface area contributed by atoms with Gasteiger partial charge in [0.15, 0.2) is 0 Å². The van der Waals surface area contributed by atoms with E-state index in [1.165, 1.54) is 4.88 Å². The van der Waals surface area contributed by atoms with E-state index in [0.29, 0.717) is 0 Å². The first-order chi connectivity index (χ1) is 16.0. The molecule has 33 heavy (non-hydrogen) atoms. The van der Waals surface area contributed by atoms with Crippen LogP contribution >= 0.6 is 11.3 Å². The highest BCUT2D eigenvalue weighted by atomic mass is 32.1. The van der Waals surface area contributed by atoms with Crippen molar-refractivity contribution in [3.8, 4) is 21.8 Å². The van der Waals surface area contributed by atoms with Gasteiger partial charge in [0.1, 0.15) is 22.5 Å². The van der Waals surface area contributed by atoms with Crippen LogP contribution in [0.5, 0.6) is 0 Å². The monoisotopic (exact) mass is 456 g/mol. The predicted molar refractivity (Wildman–Crippen MR) is 137 cm³/mol. The van der Waals surface area contributed by atoms with Crippen LogP contribution < -0.4 is 10.2 Å². The average Bonchev–Trinajstić information content (AvgIpc) is 3.22. The van der Waals surface area contributed by atoms with Gasteiger partial charge in [0.2, 0.25) is 0 Å². The highest BCUT2D eigenvalue weighted by Gasteiger charge is 2.17. The number of nitrogens with zero attached hydrogens (tertiary/aromatic N) is 5. The molecule has 4 aromatic rings. The van der Waals surface area contributed by atoms with Gasteiger partial charge >= 0.3 is 0 Å². The van der Waals surface area contributed by atoms with E-state index in [1.54, 1.807) is 11.3 Å². The summed E-state index contributed by atoms with van der Waals surface area (Å²) in [6, 6.07) is 20.8. The Morgan fingerprint density at radius 2 is 1.55 bits per heavy atom. The van der Waals surface area contributed by atoms with Gasteiger partial charge in [0, 0.05) is 53.9 Å². The standard InChI is InChI=1S/C26H28N6S/c1-18-25(30-26(33-18)21-7-5-4-6-8-21)20-9-11-22(12-10-20)29-23-17-24(28-19(2)27-23)32-15-13-31(3)14-16-32/h4-12,17H,13-16H2,1-3H3,(H,27,28,29). The Kier molecular flexibility index (Phi) is 6.07. The van der Waals surface area contributed by atoms with Crippen LogP contribution in [0, 0.1) is 13.8 Å². The van der Waals surface area contributed by atoms with E-state index >= 15 is 0 Å². The van der Waals surface area contributed by atoms with Gasteiger partial charge in [-0.25, -0.2) is 15.0 Å². The molecule has 0 bridgehead atoms. The zero-order valence-corrected chi connectivity index (χ0v) is 20.1. The molecule has 1 aliphatic rings. The van der Waals surface area contributed by atoms with Crippen LogP contribution in [-0.2, 0) is 0 Å². The molecule has 3 heterocycles. The fourth-order valence-corrected chi connectivity index (χ4v) is 4.98. The third-order valence-corrected chi connectivity index (χ3v) is 6.92. The third kappa shape index (κ3) is 4.89. The van der Waals surface area contributed by atoms with Crippen LogP contribution in [0.2, 0.25) is 0 Å². The topological polar surface area (TPSA) is 57.2 Å². The van der Waals surface area contributed by atoms with Crippen molar-refractivity contribution in [2.45, 2.75) is 13.8 Å². The molecule has 0 radical (unpaired) electrons. The number of aryl methyl sites for hydroxylation is 2. The van der Waals surface area contributed by atoms with E-state index in [-0.39, 0.29) is 0 Å². The van der Waals surface area contributed by atoms with Gasteiger partial charge in [-0.15, -0.1) is 11.3 Å². The molecule has 168 valence electrons. The second-order valence-corrected chi connectivity index (χ2v) is 9.64. The summed E-state index contributed by atoms with van der Waals surface area (Å²) in [5, 5.41) is 4.51. The van der Waals surface area contributed by atoms with Crippen molar-refractivity contribution in [2.75, 3.05) is 43.4 Å². The number of benzene rings is 2. The van der Waals surface area contributed by atoms with Gasteiger partial charge < -0.3 is 15.1 Å². The highest BCUT2D eigenvalue weighted by molar-refractivity contribution is 7.15. The Morgan fingerprint density at radius 1 is 0.818 bits per heavy atom. The van der Waals surface area contributed by atoms with E-state index < -0.39 is 0 Å². The van der Waals surface area contributed by atoms with Gasteiger partial charge in [0.25, 0.3) is 0 Å². The molecule has 0 saturated carbocycles. The smallest absolute Gasteiger partial charge is 0.136 e. The number of likely N-dealkylation sites (N-methyl/N-ethyl adjacent to an activating group) is 1. The van der Waals surface area contributed by atoms with Crippen LogP contribution in [0.1, 0.15) is 10.7 Å². The fraction of sp³-hybridized carbons (Fsp3) is 0.269. The van der Waals surface area contributed by atoms with Crippen LogP contribution in [0.3, 0.4) is 0 Å². The summed E-state index contributed by atoms with van der Waals surface area (Å²) in [6.07, 6.45) is 0. The fourth-order valence-electron chi connectivity index (χ4n) is 4.04. The minimum absolute atomic E-state index is 0.775. The zero-order valence-electron chi connectivity index (χ0n) is 19.2. The lowest BCUT2D eigenvalue weighted by Gasteiger charge is -2.33. The Labute approximate surface area is 199 Å². The second-order valence-electron chi connectivity index (χ2n) is 8.44. The molecule has 1 saturated heterocycles. The number of nitrogens with one attached hydrogen (secondary N) is 1. The van der Waals surface area contributed by atoms with Crippen molar-refractivity contribution in [2.24, 2.45) is 0 Å². The highest BCUT2D eigenvalue weighted by Crippen LogP contribution is 2.34. The molecule has 1 fully saturated rings. The van der Waals surface area contributed by atoms with Crippen LogP contribution in [0.15, 0.2) is 60.7 Å². The normalized spacial score (nSPS) is 14.5. The molecule has 7 heteroatoms. The maximum Gasteiger partial charge on any atom is 0.136 e. The number of rotatable bonds is 5. The van der Waals surface area contributed by atoms with Gasteiger partial charge in [-0.3, -0.25) is 0 Å². The lowest BCUT2D eigenvalue weighted by molar-refractivity contribution is 0.312. The van der Waals surface area contributed by atoms with E-state index in [2.05, 4.69) is 87.6 Å². The van der Waals surface area contributed by atoms with Gasteiger partial charge in [-0.2, -0.15) is 0 Å². The Balaban J connectivity index is 1.33. The predicted octanol–water partition coefficient (Wildman–Crippen LogP) is 5.38. The number of hydrogen-bond donors (Lipinski definition) is 1. The molecule has 0 amide bonds. The van der Waals surface area contributed by atoms with Crippen molar-refractivity contribution in [3.05, 3.63) is 71.4 Å². The molecule has 1 aliphatic heterocycles. The average molecular weight is 457 g/mol. The zero-order chi connectivity index (χ0) is 22.8. The number of thiazole rings is 1. The number of anilines is 3. The Morgan fingerprint density at radius 3 is 2.27 bits per heavy atom. The second kappa shape index (κ2) is 9.29. The SMILES string of the molecule is Cc1nc(Nc2ccc(-c3nc(-c4ccccc4)sc3C)cc2)cc(N2CCN(C)CC2)n1. The van der Waals surface area contributed by atoms with Crippen molar-refractivity contribution in [1.82, 2.24) is 19.9 Å². The first-order valence-electron chi connectivity index (χ1n) is 11.2. The van der Waals surface area contributed by atoms with Crippen molar-refractivity contribution >= 4 is 28.7 Å². The minimum atomic E-state index is 0.775. The van der Waals surface area contributed by atoms with E-state index in [9.17, 15) is 0 Å². The lowest BCUT2D eigenvalue weighted by atomic mass is 10.1. The molecule has 6 nitrogen and oxygen atoms in total. The number of piperazine rings is 1. The quantitative estimate of drug-likeness (QED) is 0.435. The molecular formula is C26H28N6S. The lowest BCUT2D eigenvalue weighted by Crippen LogP contribution is -2.44. The summed E-state index contributed by atoms with van der Waals surface area (Å²) in [7, 11) is 2.16. The summed E-state index contributed by atoms with van der Waals surface area (Å²) < 4.78 is 0. The van der Waals surface area contributed by atoms with Crippen LogP contribution in [-0.4, -0.2) is 53.1 Å². The summed E-state index contributed by atoms with van der Waals surface area (Å²) in [5.74, 6) is 2.58. The maximum absolute atomic E-state index is 4.91. The summed E-state index contributed by atoms with van der Waals surface area (Å²) in [4.78, 5) is 20.1. The maximum atomic E-state index is 4.91. The first-order valence-corrected chi connectivity index (χ1v) is 12.1. The van der Waals surface area contributed by atoms with Crippen molar-refractivity contribution < 1.29 is 0 Å². The molecular weight excluding hydrogens is 428 g/mol. The largest absolute Gasteiger partial charge is 0.354 e. The number of hydrogen-bond acceptors (Lipinski definition) is 7. The number of aromatic nitrogens is 3. The van der Waals surface area contributed by atoms with Crippen molar-refractivity contribution in [1.29, 1.82) is 0 Å². The Bertz CT molecular complexity index is 1230. The van der Waals surface area contributed by atoms with Crippen LogP contribution in [0.25, 0.3) is 21.8 Å². The molecule has 2 aromatic carbocycles. The Hall–Kier alpha value is -3.29. The third-order valence-electron chi connectivity index (χ3n) is 5.90. The van der Waals surface area contributed by atoms with Gasteiger partial charge in [-0.1, -0.05) is 42.5 Å². The first kappa shape index (κ1) is 21.6. The van der Waals surface area contributed by atoms with Gasteiger partial charge in [-0.05, 0) is 33.0 Å². The molecule has 0 atom stereocenters. The van der Waals surface area contributed by atoms with E-state index in [4.69, 9.17) is 4.98 Å². The molecule has 2 aromatic heterocycles. The molecule has 0 unspecified atom stereocenters. The summed E-state index contributed by atoms with van der Waals surface area (Å²) in [5.41, 5.74) is 4.32. The van der Waals surface area contributed by atoms with E-state index in [0.717, 1.165) is 71.2 Å². The molecule has 0 aliphatic carbocycles. The molecule has 1 N–H and O–H groups in total.